The highest BCUT2D eigenvalue weighted by Crippen LogP contribution is 2.21. The second kappa shape index (κ2) is 8.54. The third-order valence-electron chi connectivity index (χ3n) is 3.60. The molecule has 0 radical (unpaired) electrons. The molecule has 0 heterocycles. The Balaban J connectivity index is 1.89. The number of benzene rings is 2. The third kappa shape index (κ3) is 4.84. The van der Waals surface area contributed by atoms with E-state index in [2.05, 4.69) is 5.32 Å². The van der Waals surface area contributed by atoms with E-state index in [-0.39, 0.29) is 6.04 Å². The Kier molecular flexibility index (Phi) is 6.40. The van der Waals surface area contributed by atoms with Gasteiger partial charge in [-0.3, -0.25) is 0 Å². The molecule has 0 fully saturated rings. The summed E-state index contributed by atoms with van der Waals surface area (Å²) < 4.78 is 5.73. The zero-order chi connectivity index (χ0) is 15.8. The first-order chi connectivity index (χ1) is 10.7. The van der Waals surface area contributed by atoms with Crippen LogP contribution < -0.4 is 15.8 Å². The van der Waals surface area contributed by atoms with Crippen molar-refractivity contribution in [2.24, 2.45) is 5.73 Å². The summed E-state index contributed by atoms with van der Waals surface area (Å²) in [5.74, 6) is 0.781. The van der Waals surface area contributed by atoms with Crippen molar-refractivity contribution in [3.05, 3.63) is 65.7 Å². The number of hydrogen-bond donors (Lipinski definition) is 3. The van der Waals surface area contributed by atoms with Gasteiger partial charge in [0.05, 0.1) is 6.10 Å². The average Bonchev–Trinajstić information content (AvgIpc) is 2.58. The molecule has 0 spiro atoms. The van der Waals surface area contributed by atoms with Crippen molar-refractivity contribution in [3.8, 4) is 5.75 Å². The smallest absolute Gasteiger partial charge is 0.119 e. The zero-order valence-corrected chi connectivity index (χ0v) is 12.9. The van der Waals surface area contributed by atoms with Crippen LogP contribution in [0.15, 0.2) is 54.6 Å². The molecule has 0 amide bonds. The first kappa shape index (κ1) is 16.5. The minimum absolute atomic E-state index is 0.275. The lowest BCUT2D eigenvalue weighted by Gasteiger charge is -2.19. The largest absolute Gasteiger partial charge is 0.489 e. The van der Waals surface area contributed by atoms with Crippen LogP contribution in [-0.4, -0.2) is 24.7 Å². The van der Waals surface area contributed by atoms with E-state index in [1.807, 2.05) is 61.6 Å². The van der Waals surface area contributed by atoms with E-state index in [4.69, 9.17) is 10.5 Å². The van der Waals surface area contributed by atoms with Crippen molar-refractivity contribution in [1.29, 1.82) is 0 Å². The van der Waals surface area contributed by atoms with Crippen molar-refractivity contribution < 1.29 is 9.84 Å². The van der Waals surface area contributed by atoms with Crippen molar-refractivity contribution in [1.82, 2.24) is 5.32 Å². The van der Waals surface area contributed by atoms with Gasteiger partial charge in [-0.15, -0.1) is 0 Å². The minimum atomic E-state index is -0.656. The molecule has 0 aliphatic rings. The molecule has 118 valence electrons. The molecule has 4 nitrogen and oxygen atoms in total. The molecule has 2 rings (SSSR count). The van der Waals surface area contributed by atoms with E-state index in [1.54, 1.807) is 0 Å². The monoisotopic (exact) mass is 300 g/mol. The van der Waals surface area contributed by atoms with Gasteiger partial charge in [0, 0.05) is 6.04 Å². The van der Waals surface area contributed by atoms with E-state index >= 15 is 0 Å². The second-order valence-electron chi connectivity index (χ2n) is 5.34. The molecule has 0 aliphatic carbocycles. The Hall–Kier alpha value is -1.88. The number of aliphatic hydroxyl groups excluding tert-OH is 1. The fourth-order valence-electron chi connectivity index (χ4n) is 2.22. The summed E-state index contributed by atoms with van der Waals surface area (Å²) in [5, 5.41) is 13.3. The molecule has 2 aromatic carbocycles. The van der Waals surface area contributed by atoms with Crippen LogP contribution in [0.25, 0.3) is 0 Å². The highest BCUT2D eigenvalue weighted by molar-refractivity contribution is 5.29. The Morgan fingerprint density at radius 2 is 1.77 bits per heavy atom. The summed E-state index contributed by atoms with van der Waals surface area (Å²) >= 11 is 0. The molecule has 22 heavy (non-hydrogen) atoms. The number of ether oxygens (including phenoxy) is 1. The number of nitrogens with one attached hydrogen (secondary N) is 1. The lowest BCUT2D eigenvalue weighted by atomic mass is 10.0. The third-order valence-corrected chi connectivity index (χ3v) is 3.60. The highest BCUT2D eigenvalue weighted by Gasteiger charge is 2.16. The molecule has 0 bridgehead atoms. The fourth-order valence-corrected chi connectivity index (χ4v) is 2.22. The van der Waals surface area contributed by atoms with Crippen molar-refractivity contribution in [3.63, 3.8) is 0 Å². The van der Waals surface area contributed by atoms with Gasteiger partial charge in [-0.1, -0.05) is 42.5 Å². The Bertz CT molecular complexity index is 543. The molecule has 2 aromatic rings. The van der Waals surface area contributed by atoms with Gasteiger partial charge in [-0.05, 0) is 43.3 Å². The van der Waals surface area contributed by atoms with Gasteiger partial charge in [0.25, 0.3) is 0 Å². The van der Waals surface area contributed by atoms with Crippen LogP contribution in [0.3, 0.4) is 0 Å². The molecule has 0 saturated carbocycles. The lowest BCUT2D eigenvalue weighted by Crippen LogP contribution is -2.31. The highest BCUT2D eigenvalue weighted by atomic mass is 16.5. The topological polar surface area (TPSA) is 67.5 Å². The number of aliphatic hydroxyl groups is 1. The number of rotatable bonds is 8. The standard InChI is InChI=1S/C18H24N2O2/c1-20-12-11-17(19)18(21)15-7-9-16(10-8-15)22-13-14-5-3-2-4-6-14/h2-10,17-18,20-21H,11-13,19H2,1H3. The molecule has 0 saturated heterocycles. The van der Waals surface area contributed by atoms with Crippen LogP contribution in [0.5, 0.6) is 5.75 Å². The lowest BCUT2D eigenvalue weighted by molar-refractivity contribution is 0.142. The minimum Gasteiger partial charge on any atom is -0.489 e. The maximum Gasteiger partial charge on any atom is 0.119 e. The van der Waals surface area contributed by atoms with E-state index < -0.39 is 6.10 Å². The molecule has 4 heteroatoms. The quantitative estimate of drug-likeness (QED) is 0.699. The Morgan fingerprint density at radius 3 is 2.41 bits per heavy atom. The second-order valence-corrected chi connectivity index (χ2v) is 5.34. The predicted molar refractivity (Wildman–Crippen MR) is 88.7 cm³/mol. The summed E-state index contributed by atoms with van der Waals surface area (Å²) in [6, 6.07) is 17.2. The normalized spacial score (nSPS) is 13.6. The number of hydrogen-bond acceptors (Lipinski definition) is 4. The van der Waals surface area contributed by atoms with Crippen LogP contribution in [0.4, 0.5) is 0 Å². The van der Waals surface area contributed by atoms with Crippen molar-refractivity contribution in [2.75, 3.05) is 13.6 Å². The van der Waals surface area contributed by atoms with Crippen LogP contribution in [-0.2, 0) is 6.61 Å². The van der Waals surface area contributed by atoms with Crippen LogP contribution in [0, 0.1) is 0 Å². The number of nitrogens with two attached hydrogens (primary N) is 1. The average molecular weight is 300 g/mol. The van der Waals surface area contributed by atoms with Gasteiger partial charge in [0.1, 0.15) is 12.4 Å². The van der Waals surface area contributed by atoms with E-state index in [1.165, 1.54) is 0 Å². The van der Waals surface area contributed by atoms with E-state index in [0.29, 0.717) is 6.61 Å². The van der Waals surface area contributed by atoms with Gasteiger partial charge in [0.2, 0.25) is 0 Å². The van der Waals surface area contributed by atoms with Gasteiger partial charge in [-0.2, -0.15) is 0 Å². The first-order valence-corrected chi connectivity index (χ1v) is 7.55. The van der Waals surface area contributed by atoms with Crippen LogP contribution in [0.2, 0.25) is 0 Å². The van der Waals surface area contributed by atoms with Crippen LogP contribution in [0.1, 0.15) is 23.7 Å². The van der Waals surface area contributed by atoms with E-state index in [0.717, 1.165) is 29.8 Å². The van der Waals surface area contributed by atoms with Crippen LogP contribution >= 0.6 is 0 Å². The Morgan fingerprint density at radius 1 is 1.09 bits per heavy atom. The summed E-state index contributed by atoms with van der Waals surface area (Å²) in [6.07, 6.45) is 0.0701. The SMILES string of the molecule is CNCCC(N)C(O)c1ccc(OCc2ccccc2)cc1. The summed E-state index contributed by atoms with van der Waals surface area (Å²) in [7, 11) is 1.87. The maximum atomic E-state index is 10.2. The zero-order valence-electron chi connectivity index (χ0n) is 12.9. The predicted octanol–water partition coefficient (Wildman–Crippen LogP) is 2.24. The van der Waals surface area contributed by atoms with E-state index in [9.17, 15) is 5.11 Å². The molecule has 2 atom stereocenters. The molecular weight excluding hydrogens is 276 g/mol. The molecule has 4 N–H and O–H groups in total. The molecular formula is C18H24N2O2. The molecule has 2 unspecified atom stereocenters. The van der Waals surface area contributed by atoms with Gasteiger partial charge in [0.15, 0.2) is 0 Å². The summed E-state index contributed by atoms with van der Waals surface area (Å²) in [4.78, 5) is 0. The van der Waals surface area contributed by atoms with Gasteiger partial charge in [-0.25, -0.2) is 0 Å². The van der Waals surface area contributed by atoms with Gasteiger partial charge >= 0.3 is 0 Å². The summed E-state index contributed by atoms with van der Waals surface area (Å²) in [6.45, 7) is 1.32. The summed E-state index contributed by atoms with van der Waals surface area (Å²) in [5.41, 5.74) is 7.93. The molecule has 0 aliphatic heterocycles. The van der Waals surface area contributed by atoms with Gasteiger partial charge < -0.3 is 20.9 Å². The Labute approximate surface area is 131 Å². The van der Waals surface area contributed by atoms with Crippen molar-refractivity contribution >= 4 is 0 Å². The first-order valence-electron chi connectivity index (χ1n) is 7.55. The fraction of sp³-hybridized carbons (Fsp3) is 0.333. The molecule has 0 aromatic heterocycles. The maximum absolute atomic E-state index is 10.2. The van der Waals surface area contributed by atoms with Crippen molar-refractivity contribution in [2.45, 2.75) is 25.2 Å².